The summed E-state index contributed by atoms with van der Waals surface area (Å²) in [6.45, 7) is 5.83. The smallest absolute Gasteiger partial charge is 0.227 e. The molecule has 6 nitrogen and oxygen atoms in total. The Morgan fingerprint density at radius 2 is 1.71 bits per heavy atom. The Kier molecular flexibility index (Phi) is 5.28. The normalized spacial score (nSPS) is 14.1. The summed E-state index contributed by atoms with van der Waals surface area (Å²) in [4.78, 5) is 13.8. The van der Waals surface area contributed by atoms with Gasteiger partial charge < -0.3 is 19.9 Å². The third-order valence-electron chi connectivity index (χ3n) is 4.94. The third kappa shape index (κ3) is 4.01. The Labute approximate surface area is 165 Å². The molecular formula is C22H25N5O. The van der Waals surface area contributed by atoms with Gasteiger partial charge in [0.2, 0.25) is 5.95 Å². The van der Waals surface area contributed by atoms with Crippen molar-refractivity contribution in [2.45, 2.75) is 6.92 Å². The number of methoxy groups -OCH3 is 1. The number of hydrogen-bond acceptors (Lipinski definition) is 6. The fourth-order valence-corrected chi connectivity index (χ4v) is 3.45. The summed E-state index contributed by atoms with van der Waals surface area (Å²) in [6, 6.07) is 18.4. The number of rotatable bonds is 5. The van der Waals surface area contributed by atoms with E-state index in [4.69, 9.17) is 9.72 Å². The summed E-state index contributed by atoms with van der Waals surface area (Å²) in [6.07, 6.45) is 1.80. The highest BCUT2D eigenvalue weighted by Crippen LogP contribution is 2.27. The van der Waals surface area contributed by atoms with Gasteiger partial charge in [0.15, 0.2) is 0 Å². The maximum Gasteiger partial charge on any atom is 0.227 e. The molecule has 0 saturated carbocycles. The molecule has 144 valence electrons. The number of benzene rings is 2. The molecule has 28 heavy (non-hydrogen) atoms. The van der Waals surface area contributed by atoms with Crippen molar-refractivity contribution in [3.05, 3.63) is 66.4 Å². The number of nitrogens with one attached hydrogen (secondary N) is 1. The molecule has 1 saturated heterocycles. The highest BCUT2D eigenvalue weighted by Gasteiger charge is 2.19. The summed E-state index contributed by atoms with van der Waals surface area (Å²) in [7, 11) is 1.67. The van der Waals surface area contributed by atoms with E-state index >= 15 is 0 Å². The maximum atomic E-state index is 5.40. The summed E-state index contributed by atoms with van der Waals surface area (Å²) in [5.74, 6) is 2.30. The second kappa shape index (κ2) is 8.17. The van der Waals surface area contributed by atoms with E-state index in [1.165, 1.54) is 11.3 Å². The predicted octanol–water partition coefficient (Wildman–Crippen LogP) is 3.86. The number of hydrogen-bond donors (Lipinski definition) is 1. The lowest BCUT2D eigenvalue weighted by Crippen LogP contribution is -2.47. The molecule has 4 rings (SSSR count). The molecule has 0 radical (unpaired) electrons. The zero-order valence-corrected chi connectivity index (χ0v) is 16.3. The van der Waals surface area contributed by atoms with Crippen molar-refractivity contribution in [1.29, 1.82) is 0 Å². The average molecular weight is 375 g/mol. The Bertz CT molecular complexity index is 937. The lowest BCUT2D eigenvalue weighted by molar-refractivity contribution is 0.417. The Morgan fingerprint density at radius 1 is 0.929 bits per heavy atom. The number of para-hydroxylation sites is 2. The Balaban J connectivity index is 1.44. The van der Waals surface area contributed by atoms with E-state index in [-0.39, 0.29) is 0 Å². The quantitative estimate of drug-likeness (QED) is 0.731. The van der Waals surface area contributed by atoms with Crippen molar-refractivity contribution in [1.82, 2.24) is 9.97 Å². The molecule has 1 aromatic heterocycles. The van der Waals surface area contributed by atoms with Crippen molar-refractivity contribution in [2.75, 3.05) is 48.4 Å². The van der Waals surface area contributed by atoms with Crippen LogP contribution >= 0.6 is 0 Å². The van der Waals surface area contributed by atoms with Gasteiger partial charge in [-0.15, -0.1) is 0 Å². The Morgan fingerprint density at radius 3 is 2.50 bits per heavy atom. The van der Waals surface area contributed by atoms with Gasteiger partial charge in [-0.05, 0) is 42.8 Å². The molecule has 2 aromatic carbocycles. The van der Waals surface area contributed by atoms with E-state index in [0.717, 1.165) is 49.4 Å². The molecule has 1 fully saturated rings. The van der Waals surface area contributed by atoms with Gasteiger partial charge in [-0.25, -0.2) is 4.98 Å². The SMILES string of the molecule is COc1ccccc1Nc1ccnc(N2CCN(c3cccc(C)c3)CC2)n1. The molecule has 0 atom stereocenters. The van der Waals surface area contributed by atoms with E-state index in [0.29, 0.717) is 0 Å². The standard InChI is InChI=1S/C22H25N5O/c1-17-6-5-7-18(16-17)26-12-14-27(15-13-26)22-23-11-10-21(25-22)24-19-8-3-4-9-20(19)28-2/h3-11,16H,12-15H2,1-2H3,(H,23,24,25). The molecule has 2 heterocycles. The van der Waals surface area contributed by atoms with Gasteiger partial charge in [0.1, 0.15) is 11.6 Å². The average Bonchev–Trinajstić information content (AvgIpc) is 2.74. The summed E-state index contributed by atoms with van der Waals surface area (Å²) >= 11 is 0. The van der Waals surface area contributed by atoms with Gasteiger partial charge in [-0.2, -0.15) is 4.98 Å². The van der Waals surface area contributed by atoms with Gasteiger partial charge in [0.25, 0.3) is 0 Å². The summed E-state index contributed by atoms with van der Waals surface area (Å²) in [5.41, 5.74) is 3.46. The van der Waals surface area contributed by atoms with Crippen molar-refractivity contribution < 1.29 is 4.74 Å². The Hall–Kier alpha value is -3.28. The van der Waals surface area contributed by atoms with Crippen molar-refractivity contribution >= 4 is 23.1 Å². The molecular weight excluding hydrogens is 350 g/mol. The molecule has 0 aliphatic carbocycles. The number of anilines is 4. The fourth-order valence-electron chi connectivity index (χ4n) is 3.45. The van der Waals surface area contributed by atoms with E-state index in [9.17, 15) is 0 Å². The fraction of sp³-hybridized carbons (Fsp3) is 0.273. The minimum Gasteiger partial charge on any atom is -0.495 e. The first kappa shape index (κ1) is 18.1. The molecule has 1 N–H and O–H groups in total. The summed E-state index contributed by atoms with van der Waals surface area (Å²) < 4.78 is 5.40. The molecule has 3 aromatic rings. The lowest BCUT2D eigenvalue weighted by atomic mass is 10.2. The van der Waals surface area contributed by atoms with E-state index in [2.05, 4.69) is 51.3 Å². The van der Waals surface area contributed by atoms with Gasteiger partial charge in [0.05, 0.1) is 12.8 Å². The largest absolute Gasteiger partial charge is 0.495 e. The van der Waals surface area contributed by atoms with Crippen LogP contribution in [0.5, 0.6) is 5.75 Å². The molecule has 1 aliphatic heterocycles. The van der Waals surface area contributed by atoms with Crippen LogP contribution in [-0.4, -0.2) is 43.3 Å². The topological polar surface area (TPSA) is 53.5 Å². The summed E-state index contributed by atoms with van der Waals surface area (Å²) in [5, 5.41) is 3.33. The van der Waals surface area contributed by atoms with Crippen LogP contribution in [0.1, 0.15) is 5.56 Å². The second-order valence-electron chi connectivity index (χ2n) is 6.88. The van der Waals surface area contributed by atoms with Crippen LogP contribution in [0.15, 0.2) is 60.8 Å². The van der Waals surface area contributed by atoms with Gasteiger partial charge in [-0.1, -0.05) is 24.3 Å². The number of aryl methyl sites for hydroxylation is 1. The van der Waals surface area contributed by atoms with Crippen LogP contribution in [0.2, 0.25) is 0 Å². The zero-order valence-electron chi connectivity index (χ0n) is 16.3. The molecule has 0 bridgehead atoms. The molecule has 0 spiro atoms. The van der Waals surface area contributed by atoms with Crippen molar-refractivity contribution in [2.24, 2.45) is 0 Å². The van der Waals surface area contributed by atoms with Crippen LogP contribution < -0.4 is 19.9 Å². The first-order chi connectivity index (χ1) is 13.7. The minimum atomic E-state index is 0.754. The molecule has 1 aliphatic rings. The number of ether oxygens (including phenoxy) is 1. The molecule has 0 amide bonds. The molecule has 0 unspecified atom stereocenters. The highest BCUT2D eigenvalue weighted by molar-refractivity contribution is 5.64. The minimum absolute atomic E-state index is 0.754. The van der Waals surface area contributed by atoms with Crippen LogP contribution in [0.4, 0.5) is 23.1 Å². The number of nitrogens with zero attached hydrogens (tertiary/aromatic N) is 4. The van der Waals surface area contributed by atoms with Crippen molar-refractivity contribution in [3.63, 3.8) is 0 Å². The lowest BCUT2D eigenvalue weighted by Gasteiger charge is -2.36. The monoisotopic (exact) mass is 375 g/mol. The van der Waals surface area contributed by atoms with E-state index in [1.54, 1.807) is 13.3 Å². The van der Waals surface area contributed by atoms with Crippen LogP contribution in [0.25, 0.3) is 0 Å². The van der Waals surface area contributed by atoms with Crippen LogP contribution in [0, 0.1) is 6.92 Å². The van der Waals surface area contributed by atoms with Gasteiger partial charge in [0, 0.05) is 38.1 Å². The van der Waals surface area contributed by atoms with Gasteiger partial charge in [-0.3, -0.25) is 0 Å². The number of aromatic nitrogens is 2. The third-order valence-corrected chi connectivity index (χ3v) is 4.94. The van der Waals surface area contributed by atoms with Crippen LogP contribution in [-0.2, 0) is 0 Å². The number of piperazine rings is 1. The van der Waals surface area contributed by atoms with Crippen molar-refractivity contribution in [3.8, 4) is 5.75 Å². The second-order valence-corrected chi connectivity index (χ2v) is 6.88. The van der Waals surface area contributed by atoms with Gasteiger partial charge >= 0.3 is 0 Å². The predicted molar refractivity (Wildman–Crippen MR) is 114 cm³/mol. The zero-order chi connectivity index (χ0) is 19.3. The first-order valence-corrected chi connectivity index (χ1v) is 9.52. The maximum absolute atomic E-state index is 5.40. The highest BCUT2D eigenvalue weighted by atomic mass is 16.5. The first-order valence-electron chi connectivity index (χ1n) is 9.52. The van der Waals surface area contributed by atoms with E-state index in [1.807, 2.05) is 30.3 Å². The van der Waals surface area contributed by atoms with E-state index < -0.39 is 0 Å². The molecule has 6 heteroatoms. The van der Waals surface area contributed by atoms with Crippen LogP contribution in [0.3, 0.4) is 0 Å².